The van der Waals surface area contributed by atoms with Gasteiger partial charge >= 0.3 is 6.03 Å². The Morgan fingerprint density at radius 2 is 2.27 bits per heavy atom. The quantitative estimate of drug-likeness (QED) is 0.922. The SMILES string of the molecule is COCC1CN(C(=O)NCc2ccc3c(c2)CCC3)CCO1. The van der Waals surface area contributed by atoms with E-state index in [4.69, 9.17) is 9.47 Å². The van der Waals surface area contributed by atoms with Gasteiger partial charge in [0.15, 0.2) is 0 Å². The Hall–Kier alpha value is -1.59. The van der Waals surface area contributed by atoms with Crippen LogP contribution in [0.1, 0.15) is 23.1 Å². The molecule has 5 heteroatoms. The monoisotopic (exact) mass is 304 g/mol. The Balaban J connectivity index is 1.51. The predicted octanol–water partition coefficient (Wildman–Crippen LogP) is 1.73. The summed E-state index contributed by atoms with van der Waals surface area (Å²) in [6, 6.07) is 6.53. The number of carbonyl (C=O) groups excluding carboxylic acids is 1. The van der Waals surface area contributed by atoms with Crippen LogP contribution in [0, 0.1) is 0 Å². The molecule has 1 aliphatic heterocycles. The van der Waals surface area contributed by atoms with E-state index in [2.05, 4.69) is 23.5 Å². The Labute approximate surface area is 131 Å². The van der Waals surface area contributed by atoms with Crippen molar-refractivity contribution in [2.75, 3.05) is 33.4 Å². The number of methoxy groups -OCH3 is 1. The molecule has 0 radical (unpaired) electrons. The van der Waals surface area contributed by atoms with Crippen LogP contribution < -0.4 is 5.32 Å². The van der Waals surface area contributed by atoms with E-state index >= 15 is 0 Å². The first-order valence-corrected chi connectivity index (χ1v) is 8.00. The fraction of sp³-hybridized carbons (Fsp3) is 0.588. The molecular formula is C17H24N2O3. The summed E-state index contributed by atoms with van der Waals surface area (Å²) in [5, 5.41) is 3.01. The van der Waals surface area contributed by atoms with Gasteiger partial charge in [-0.2, -0.15) is 0 Å². The number of urea groups is 1. The van der Waals surface area contributed by atoms with Crippen molar-refractivity contribution in [3.8, 4) is 0 Å². The van der Waals surface area contributed by atoms with Crippen molar-refractivity contribution in [3.63, 3.8) is 0 Å². The molecule has 2 amide bonds. The number of fused-ring (bicyclic) bond motifs is 1. The van der Waals surface area contributed by atoms with E-state index < -0.39 is 0 Å². The summed E-state index contributed by atoms with van der Waals surface area (Å²) in [4.78, 5) is 14.1. The minimum Gasteiger partial charge on any atom is -0.382 e. The molecule has 1 aromatic carbocycles. The Kier molecular flexibility index (Phi) is 4.95. The molecule has 22 heavy (non-hydrogen) atoms. The van der Waals surface area contributed by atoms with Crippen LogP contribution in [-0.4, -0.2) is 50.4 Å². The maximum atomic E-state index is 12.3. The van der Waals surface area contributed by atoms with Gasteiger partial charge in [-0.3, -0.25) is 0 Å². The summed E-state index contributed by atoms with van der Waals surface area (Å²) in [7, 11) is 1.65. The van der Waals surface area contributed by atoms with Crippen molar-refractivity contribution in [2.24, 2.45) is 0 Å². The lowest BCUT2D eigenvalue weighted by Gasteiger charge is -2.32. The second-order valence-electron chi connectivity index (χ2n) is 6.01. The van der Waals surface area contributed by atoms with Crippen molar-refractivity contribution in [2.45, 2.75) is 31.9 Å². The molecule has 1 saturated heterocycles. The van der Waals surface area contributed by atoms with E-state index in [9.17, 15) is 4.79 Å². The molecule has 2 aliphatic rings. The van der Waals surface area contributed by atoms with Crippen molar-refractivity contribution < 1.29 is 14.3 Å². The molecule has 0 bridgehead atoms. The van der Waals surface area contributed by atoms with Gasteiger partial charge in [0, 0.05) is 20.2 Å². The van der Waals surface area contributed by atoms with Crippen molar-refractivity contribution >= 4 is 6.03 Å². The molecular weight excluding hydrogens is 280 g/mol. The minimum atomic E-state index is -0.0236. The summed E-state index contributed by atoms with van der Waals surface area (Å²) >= 11 is 0. The molecule has 1 aromatic rings. The van der Waals surface area contributed by atoms with Gasteiger partial charge in [-0.15, -0.1) is 0 Å². The fourth-order valence-electron chi connectivity index (χ4n) is 3.22. The number of ether oxygens (including phenoxy) is 2. The number of carbonyl (C=O) groups is 1. The van der Waals surface area contributed by atoms with Crippen molar-refractivity contribution in [1.82, 2.24) is 10.2 Å². The molecule has 1 atom stereocenters. The molecule has 1 aliphatic carbocycles. The molecule has 120 valence electrons. The first-order chi connectivity index (χ1) is 10.8. The highest BCUT2D eigenvalue weighted by Crippen LogP contribution is 2.22. The van der Waals surface area contributed by atoms with E-state index in [1.807, 2.05) is 0 Å². The molecule has 3 rings (SSSR count). The number of morpholine rings is 1. The average Bonchev–Trinajstić information content (AvgIpc) is 3.01. The molecule has 1 fully saturated rings. The number of hydrogen-bond acceptors (Lipinski definition) is 3. The second-order valence-corrected chi connectivity index (χ2v) is 6.01. The molecule has 1 unspecified atom stereocenters. The standard InChI is InChI=1S/C17H24N2O3/c1-21-12-16-11-19(7-8-22-16)17(20)18-10-13-5-6-14-3-2-4-15(14)9-13/h5-6,9,16H,2-4,7-8,10-12H2,1H3,(H,18,20). The van der Waals surface area contributed by atoms with Crippen LogP contribution in [0.25, 0.3) is 0 Å². The van der Waals surface area contributed by atoms with E-state index in [-0.39, 0.29) is 12.1 Å². The Morgan fingerprint density at radius 3 is 3.14 bits per heavy atom. The number of aryl methyl sites for hydroxylation is 2. The van der Waals surface area contributed by atoms with Gasteiger partial charge in [0.1, 0.15) is 0 Å². The summed E-state index contributed by atoms with van der Waals surface area (Å²) in [6.45, 7) is 2.90. The minimum absolute atomic E-state index is 0.0232. The van der Waals surface area contributed by atoms with Gasteiger partial charge in [0.05, 0.1) is 25.9 Å². The average molecular weight is 304 g/mol. The van der Waals surface area contributed by atoms with Gasteiger partial charge in [-0.25, -0.2) is 4.79 Å². The normalized spacial score (nSPS) is 20.8. The molecule has 0 aromatic heterocycles. The van der Waals surface area contributed by atoms with Crippen molar-refractivity contribution in [3.05, 3.63) is 34.9 Å². The van der Waals surface area contributed by atoms with Crippen LogP contribution >= 0.6 is 0 Å². The third kappa shape index (κ3) is 3.59. The Bertz CT molecular complexity index is 531. The van der Waals surface area contributed by atoms with Crippen molar-refractivity contribution in [1.29, 1.82) is 0 Å². The third-order valence-corrected chi connectivity index (χ3v) is 4.39. The zero-order valence-corrected chi connectivity index (χ0v) is 13.1. The zero-order chi connectivity index (χ0) is 15.4. The molecule has 0 spiro atoms. The number of amides is 2. The lowest BCUT2D eigenvalue weighted by molar-refractivity contribution is -0.0494. The number of rotatable bonds is 4. The van der Waals surface area contributed by atoms with Crippen LogP contribution in [0.5, 0.6) is 0 Å². The predicted molar refractivity (Wildman–Crippen MR) is 83.9 cm³/mol. The van der Waals surface area contributed by atoms with E-state index in [1.165, 1.54) is 36.0 Å². The smallest absolute Gasteiger partial charge is 0.317 e. The van der Waals surface area contributed by atoms with Crippen LogP contribution in [0.2, 0.25) is 0 Å². The number of benzene rings is 1. The van der Waals surface area contributed by atoms with Gasteiger partial charge < -0.3 is 19.7 Å². The van der Waals surface area contributed by atoms with Crippen LogP contribution in [0.4, 0.5) is 4.79 Å². The maximum Gasteiger partial charge on any atom is 0.317 e. The summed E-state index contributed by atoms with van der Waals surface area (Å²) in [5.74, 6) is 0. The first-order valence-electron chi connectivity index (χ1n) is 8.00. The zero-order valence-electron chi connectivity index (χ0n) is 13.1. The highest BCUT2D eigenvalue weighted by molar-refractivity contribution is 5.74. The molecule has 0 saturated carbocycles. The largest absolute Gasteiger partial charge is 0.382 e. The van der Waals surface area contributed by atoms with Gasteiger partial charge in [0.25, 0.3) is 0 Å². The topological polar surface area (TPSA) is 50.8 Å². The number of nitrogens with one attached hydrogen (secondary N) is 1. The van der Waals surface area contributed by atoms with Crippen LogP contribution in [0.15, 0.2) is 18.2 Å². The summed E-state index contributed by atoms with van der Waals surface area (Å²) in [5.41, 5.74) is 4.08. The van der Waals surface area contributed by atoms with Crippen LogP contribution in [-0.2, 0) is 28.9 Å². The molecule has 1 heterocycles. The first kappa shape index (κ1) is 15.3. The fourth-order valence-corrected chi connectivity index (χ4v) is 3.22. The van der Waals surface area contributed by atoms with Gasteiger partial charge in [-0.05, 0) is 36.0 Å². The van der Waals surface area contributed by atoms with Crippen LogP contribution in [0.3, 0.4) is 0 Å². The lowest BCUT2D eigenvalue weighted by atomic mass is 10.1. The second kappa shape index (κ2) is 7.11. The number of nitrogens with zero attached hydrogens (tertiary/aromatic N) is 1. The highest BCUT2D eigenvalue weighted by atomic mass is 16.5. The van der Waals surface area contributed by atoms with Gasteiger partial charge in [0.2, 0.25) is 0 Å². The number of hydrogen-bond donors (Lipinski definition) is 1. The maximum absolute atomic E-state index is 12.3. The van der Waals surface area contributed by atoms with E-state index in [0.717, 1.165) is 0 Å². The van der Waals surface area contributed by atoms with E-state index in [1.54, 1.807) is 12.0 Å². The van der Waals surface area contributed by atoms with E-state index in [0.29, 0.717) is 32.8 Å². The highest BCUT2D eigenvalue weighted by Gasteiger charge is 2.24. The third-order valence-electron chi connectivity index (χ3n) is 4.39. The lowest BCUT2D eigenvalue weighted by Crippen LogP contribution is -2.50. The Morgan fingerprint density at radius 1 is 1.41 bits per heavy atom. The van der Waals surface area contributed by atoms with Gasteiger partial charge in [-0.1, -0.05) is 18.2 Å². The summed E-state index contributed by atoms with van der Waals surface area (Å²) < 4.78 is 10.7. The molecule has 1 N–H and O–H groups in total. The molecule has 5 nitrogen and oxygen atoms in total. The summed E-state index contributed by atoms with van der Waals surface area (Å²) in [6.07, 6.45) is 3.58.